The SMILES string of the molecule is C[C@@H]1CCC2=C(C1)S[C@@H]1N[C@H](c3ccccc3)NC(=O)[C@H]21. The van der Waals surface area contributed by atoms with E-state index in [1.54, 1.807) is 0 Å². The highest BCUT2D eigenvalue weighted by Gasteiger charge is 2.45. The maximum absolute atomic E-state index is 12.6. The summed E-state index contributed by atoms with van der Waals surface area (Å²) in [5, 5.41) is 6.98. The number of rotatable bonds is 1. The molecule has 2 N–H and O–H groups in total. The second-order valence-corrected chi connectivity index (χ2v) is 7.57. The first-order valence-electron chi connectivity index (χ1n) is 7.72. The number of carbonyl (C=O) groups excluding carboxylic acids is 1. The Balaban J connectivity index is 1.58. The molecule has 0 spiro atoms. The van der Waals surface area contributed by atoms with Crippen molar-refractivity contribution in [3.63, 3.8) is 0 Å². The predicted octanol–water partition coefficient (Wildman–Crippen LogP) is 3.17. The maximum atomic E-state index is 12.6. The number of nitrogens with one attached hydrogen (secondary N) is 2. The molecule has 1 aliphatic carbocycles. The lowest BCUT2D eigenvalue weighted by Crippen LogP contribution is -2.54. The quantitative estimate of drug-likeness (QED) is 0.837. The van der Waals surface area contributed by atoms with Crippen molar-refractivity contribution in [3.05, 3.63) is 46.4 Å². The summed E-state index contributed by atoms with van der Waals surface area (Å²) in [7, 11) is 0. The summed E-state index contributed by atoms with van der Waals surface area (Å²) < 4.78 is 0. The lowest BCUT2D eigenvalue weighted by atomic mass is 9.83. The number of hydrogen-bond acceptors (Lipinski definition) is 3. The van der Waals surface area contributed by atoms with Gasteiger partial charge in [0.25, 0.3) is 0 Å². The smallest absolute Gasteiger partial charge is 0.231 e. The zero-order valence-corrected chi connectivity index (χ0v) is 13.0. The molecule has 2 aliphatic heterocycles. The summed E-state index contributed by atoms with van der Waals surface area (Å²) >= 11 is 1.89. The molecular weight excluding hydrogens is 280 g/mol. The van der Waals surface area contributed by atoms with Gasteiger partial charge < -0.3 is 5.32 Å². The second-order valence-electron chi connectivity index (χ2n) is 6.33. The molecule has 0 aromatic heterocycles. The van der Waals surface area contributed by atoms with Gasteiger partial charge in [0, 0.05) is 0 Å². The van der Waals surface area contributed by atoms with Crippen LogP contribution in [0.5, 0.6) is 0 Å². The molecule has 110 valence electrons. The third kappa shape index (κ3) is 2.30. The zero-order chi connectivity index (χ0) is 14.4. The van der Waals surface area contributed by atoms with E-state index in [-0.39, 0.29) is 23.4 Å². The van der Waals surface area contributed by atoms with Crippen molar-refractivity contribution in [2.75, 3.05) is 0 Å². The van der Waals surface area contributed by atoms with Gasteiger partial charge in [-0.3, -0.25) is 10.1 Å². The first kappa shape index (κ1) is 13.4. The largest absolute Gasteiger partial charge is 0.336 e. The number of fused-ring (bicyclic) bond motifs is 2. The van der Waals surface area contributed by atoms with E-state index in [9.17, 15) is 4.79 Å². The summed E-state index contributed by atoms with van der Waals surface area (Å²) in [5.74, 6) is 0.988. The Morgan fingerprint density at radius 1 is 1.24 bits per heavy atom. The van der Waals surface area contributed by atoms with Gasteiger partial charge in [0.1, 0.15) is 6.17 Å². The van der Waals surface area contributed by atoms with Crippen LogP contribution in [0.2, 0.25) is 0 Å². The third-order valence-electron chi connectivity index (χ3n) is 4.78. The van der Waals surface area contributed by atoms with Crippen molar-refractivity contribution < 1.29 is 4.79 Å². The molecule has 0 saturated carbocycles. The van der Waals surface area contributed by atoms with Crippen LogP contribution in [0.3, 0.4) is 0 Å². The van der Waals surface area contributed by atoms with Crippen LogP contribution in [0, 0.1) is 11.8 Å². The van der Waals surface area contributed by atoms with Gasteiger partial charge in [-0.1, -0.05) is 37.3 Å². The van der Waals surface area contributed by atoms with E-state index in [1.807, 2.05) is 30.0 Å². The van der Waals surface area contributed by atoms with Crippen LogP contribution in [0.15, 0.2) is 40.8 Å². The van der Waals surface area contributed by atoms with Crippen LogP contribution >= 0.6 is 11.8 Å². The second kappa shape index (κ2) is 5.18. The fraction of sp³-hybridized carbons (Fsp3) is 0.471. The van der Waals surface area contributed by atoms with Crippen molar-refractivity contribution in [1.29, 1.82) is 0 Å². The van der Waals surface area contributed by atoms with Gasteiger partial charge in [0.05, 0.1) is 11.3 Å². The minimum atomic E-state index is -0.0637. The lowest BCUT2D eigenvalue weighted by molar-refractivity contribution is -0.127. The number of carbonyl (C=O) groups is 1. The Morgan fingerprint density at radius 2 is 2.05 bits per heavy atom. The lowest BCUT2D eigenvalue weighted by Gasteiger charge is -2.34. The van der Waals surface area contributed by atoms with E-state index in [4.69, 9.17) is 0 Å². The average Bonchev–Trinajstić information content (AvgIpc) is 2.85. The van der Waals surface area contributed by atoms with E-state index in [2.05, 4.69) is 29.7 Å². The Bertz CT molecular complexity index is 598. The number of benzene rings is 1. The Morgan fingerprint density at radius 3 is 2.86 bits per heavy atom. The number of hydrogen-bond donors (Lipinski definition) is 2. The molecule has 0 bridgehead atoms. The minimum absolute atomic E-state index is 0.0393. The molecule has 1 saturated heterocycles. The predicted molar refractivity (Wildman–Crippen MR) is 85.4 cm³/mol. The molecule has 4 heteroatoms. The molecule has 3 nitrogen and oxygen atoms in total. The molecule has 1 fully saturated rings. The van der Waals surface area contributed by atoms with Gasteiger partial charge in [0.2, 0.25) is 5.91 Å². The summed E-state index contributed by atoms with van der Waals surface area (Å²) in [4.78, 5) is 14.1. The van der Waals surface area contributed by atoms with Crippen molar-refractivity contribution in [1.82, 2.24) is 10.6 Å². The zero-order valence-electron chi connectivity index (χ0n) is 12.1. The van der Waals surface area contributed by atoms with Gasteiger partial charge in [-0.15, -0.1) is 11.8 Å². The van der Waals surface area contributed by atoms with Crippen LogP contribution in [0.1, 0.15) is 37.9 Å². The van der Waals surface area contributed by atoms with Crippen LogP contribution in [0.25, 0.3) is 0 Å². The molecule has 1 aromatic rings. The fourth-order valence-corrected chi connectivity index (χ4v) is 5.33. The normalized spacial score (nSPS) is 35.2. The molecule has 0 radical (unpaired) electrons. The van der Waals surface area contributed by atoms with E-state index < -0.39 is 0 Å². The minimum Gasteiger partial charge on any atom is -0.336 e. The van der Waals surface area contributed by atoms with Gasteiger partial charge in [-0.2, -0.15) is 0 Å². The third-order valence-corrected chi connectivity index (χ3v) is 6.15. The molecule has 1 amide bonds. The number of amides is 1. The van der Waals surface area contributed by atoms with Gasteiger partial charge >= 0.3 is 0 Å². The molecular formula is C17H20N2OS. The summed E-state index contributed by atoms with van der Waals surface area (Å²) in [5.41, 5.74) is 2.53. The first-order valence-corrected chi connectivity index (χ1v) is 8.60. The monoisotopic (exact) mass is 300 g/mol. The van der Waals surface area contributed by atoms with Crippen molar-refractivity contribution >= 4 is 17.7 Å². The molecule has 21 heavy (non-hydrogen) atoms. The summed E-state index contributed by atoms with van der Waals surface area (Å²) in [6.45, 7) is 2.31. The van der Waals surface area contributed by atoms with Gasteiger partial charge in [-0.05, 0) is 41.2 Å². The molecule has 3 aliphatic rings. The maximum Gasteiger partial charge on any atom is 0.231 e. The van der Waals surface area contributed by atoms with E-state index in [0.717, 1.165) is 24.3 Å². The van der Waals surface area contributed by atoms with E-state index >= 15 is 0 Å². The van der Waals surface area contributed by atoms with Crippen molar-refractivity contribution in [2.24, 2.45) is 11.8 Å². The standard InChI is InChI=1S/C17H20N2OS/c1-10-7-8-12-13(9-10)21-17-14(12)16(20)18-15(19-17)11-5-3-2-4-6-11/h2-6,10,14-15,17,19H,7-9H2,1H3,(H,18,20)/t10-,14+,15-,17+/m1/s1. The van der Waals surface area contributed by atoms with E-state index in [0.29, 0.717) is 0 Å². The summed E-state index contributed by atoms with van der Waals surface area (Å²) in [6.07, 6.45) is 3.40. The topological polar surface area (TPSA) is 41.1 Å². The number of allylic oxidation sites excluding steroid dienone is 1. The highest BCUT2D eigenvalue weighted by Crippen LogP contribution is 2.50. The highest BCUT2D eigenvalue weighted by atomic mass is 32.2. The summed E-state index contributed by atoms with van der Waals surface area (Å²) in [6, 6.07) is 10.2. The van der Waals surface area contributed by atoms with Crippen LogP contribution in [-0.4, -0.2) is 11.3 Å². The Hall–Kier alpha value is -1.26. The van der Waals surface area contributed by atoms with Gasteiger partial charge in [-0.25, -0.2) is 0 Å². The highest BCUT2D eigenvalue weighted by molar-refractivity contribution is 8.04. The Labute approximate surface area is 129 Å². The molecule has 4 rings (SSSR count). The molecule has 2 heterocycles. The molecule has 1 aromatic carbocycles. The van der Waals surface area contributed by atoms with Crippen LogP contribution < -0.4 is 10.6 Å². The van der Waals surface area contributed by atoms with Crippen LogP contribution in [-0.2, 0) is 4.79 Å². The Kier molecular flexibility index (Phi) is 3.31. The van der Waals surface area contributed by atoms with Gasteiger partial charge in [0.15, 0.2) is 0 Å². The van der Waals surface area contributed by atoms with Crippen LogP contribution in [0.4, 0.5) is 0 Å². The molecule has 4 atom stereocenters. The average molecular weight is 300 g/mol. The number of thioether (sulfide) groups is 1. The van der Waals surface area contributed by atoms with E-state index in [1.165, 1.54) is 16.9 Å². The molecule has 0 unspecified atom stereocenters. The fourth-order valence-electron chi connectivity index (χ4n) is 3.64. The van der Waals surface area contributed by atoms with Crippen molar-refractivity contribution in [3.8, 4) is 0 Å². The van der Waals surface area contributed by atoms with Crippen molar-refractivity contribution in [2.45, 2.75) is 37.7 Å². The first-order chi connectivity index (χ1) is 10.2.